The van der Waals surface area contributed by atoms with Gasteiger partial charge in [0.1, 0.15) is 5.82 Å². The Hall–Kier alpha value is -0.940. The molecule has 0 aromatic carbocycles. The van der Waals surface area contributed by atoms with Crippen LogP contribution in [0.15, 0.2) is 18.3 Å². The Bertz CT molecular complexity index is 267. The minimum atomic E-state index is 0.680. The number of thioether (sulfide) groups is 1. The van der Waals surface area contributed by atoms with Gasteiger partial charge in [0.2, 0.25) is 0 Å². The molecule has 0 spiro atoms. The van der Waals surface area contributed by atoms with E-state index in [1.165, 1.54) is 5.75 Å². The third-order valence-electron chi connectivity index (χ3n) is 1.76. The number of nitrogens with two attached hydrogens (primary N) is 1. The number of nitrogens with zero attached hydrogens (tertiary/aromatic N) is 1. The minimum absolute atomic E-state index is 0.680. The normalized spacial score (nSPS) is 9.86. The van der Waals surface area contributed by atoms with Crippen LogP contribution in [0, 0.1) is 0 Å². The maximum Gasteiger partial charge on any atom is 0.141 e. The van der Waals surface area contributed by atoms with E-state index in [4.69, 9.17) is 5.84 Å². The van der Waals surface area contributed by atoms with E-state index in [-0.39, 0.29) is 0 Å². The van der Waals surface area contributed by atoms with Gasteiger partial charge in [-0.25, -0.2) is 10.8 Å². The van der Waals surface area contributed by atoms with Gasteiger partial charge in [0.05, 0.1) is 0 Å². The van der Waals surface area contributed by atoms with Gasteiger partial charge in [-0.2, -0.15) is 11.8 Å². The van der Waals surface area contributed by atoms with E-state index in [0.29, 0.717) is 5.82 Å². The van der Waals surface area contributed by atoms with Gasteiger partial charge in [-0.3, -0.25) is 0 Å². The third kappa shape index (κ3) is 3.85. The van der Waals surface area contributed by atoms with Crippen LogP contribution in [0.1, 0.15) is 6.42 Å². The Morgan fingerprint density at radius 2 is 2.43 bits per heavy atom. The van der Waals surface area contributed by atoms with Gasteiger partial charge < -0.3 is 10.7 Å². The van der Waals surface area contributed by atoms with E-state index < -0.39 is 0 Å². The number of rotatable bonds is 6. The first-order valence-corrected chi connectivity index (χ1v) is 5.91. The fraction of sp³-hybridized carbons (Fsp3) is 0.444. The molecule has 0 bridgehead atoms. The first kappa shape index (κ1) is 11.1. The molecule has 0 aliphatic carbocycles. The molecule has 0 saturated carbocycles. The van der Waals surface area contributed by atoms with Gasteiger partial charge in [0.25, 0.3) is 0 Å². The molecule has 1 aromatic heterocycles. The SMILES string of the molecule is CSCCCNc1ccnc(NN)c1. The van der Waals surface area contributed by atoms with Crippen molar-refractivity contribution in [1.82, 2.24) is 4.98 Å². The Morgan fingerprint density at radius 3 is 3.14 bits per heavy atom. The zero-order chi connectivity index (χ0) is 10.2. The molecule has 0 atom stereocenters. The van der Waals surface area contributed by atoms with Crippen molar-refractivity contribution in [2.75, 3.05) is 29.3 Å². The van der Waals surface area contributed by atoms with Crippen molar-refractivity contribution in [1.29, 1.82) is 0 Å². The van der Waals surface area contributed by atoms with Gasteiger partial charge in [-0.05, 0) is 24.5 Å². The summed E-state index contributed by atoms with van der Waals surface area (Å²) in [6.45, 7) is 0.981. The largest absolute Gasteiger partial charge is 0.385 e. The van der Waals surface area contributed by atoms with Gasteiger partial charge in [0.15, 0.2) is 0 Å². The number of pyridine rings is 1. The van der Waals surface area contributed by atoms with E-state index in [2.05, 4.69) is 22.0 Å². The molecule has 0 aliphatic rings. The van der Waals surface area contributed by atoms with Crippen LogP contribution in [0.5, 0.6) is 0 Å². The second-order valence-electron chi connectivity index (χ2n) is 2.85. The highest BCUT2D eigenvalue weighted by molar-refractivity contribution is 7.98. The molecule has 0 radical (unpaired) electrons. The number of hydrazine groups is 1. The summed E-state index contributed by atoms with van der Waals surface area (Å²) in [5, 5.41) is 3.31. The number of nitrogen functional groups attached to an aromatic ring is 1. The molecule has 0 aliphatic heterocycles. The highest BCUT2D eigenvalue weighted by Gasteiger charge is 1.94. The summed E-state index contributed by atoms with van der Waals surface area (Å²) in [6, 6.07) is 3.82. The summed E-state index contributed by atoms with van der Waals surface area (Å²) in [5.74, 6) is 7.11. The molecule has 14 heavy (non-hydrogen) atoms. The third-order valence-corrected chi connectivity index (χ3v) is 2.46. The first-order valence-electron chi connectivity index (χ1n) is 4.52. The van der Waals surface area contributed by atoms with E-state index in [1.54, 1.807) is 6.20 Å². The standard InChI is InChI=1S/C9H16N4S/c1-14-6-2-4-11-8-3-5-12-9(7-8)13-10/h3,5,7H,2,4,6,10H2,1H3,(H2,11,12,13). The smallest absolute Gasteiger partial charge is 0.141 e. The van der Waals surface area contributed by atoms with Gasteiger partial charge >= 0.3 is 0 Å². The van der Waals surface area contributed by atoms with Crippen molar-refractivity contribution in [2.24, 2.45) is 5.84 Å². The van der Waals surface area contributed by atoms with E-state index >= 15 is 0 Å². The molecule has 78 valence electrons. The van der Waals surface area contributed by atoms with Crippen molar-refractivity contribution in [2.45, 2.75) is 6.42 Å². The topological polar surface area (TPSA) is 63.0 Å². The van der Waals surface area contributed by atoms with E-state index in [9.17, 15) is 0 Å². The second kappa shape index (κ2) is 6.50. The highest BCUT2D eigenvalue weighted by Crippen LogP contribution is 2.10. The first-order chi connectivity index (χ1) is 6.86. The van der Waals surface area contributed by atoms with Crippen LogP contribution >= 0.6 is 11.8 Å². The lowest BCUT2D eigenvalue weighted by atomic mass is 10.3. The fourth-order valence-corrected chi connectivity index (χ4v) is 1.50. The van der Waals surface area contributed by atoms with Crippen LogP contribution in [0.25, 0.3) is 0 Å². The van der Waals surface area contributed by atoms with Gasteiger partial charge in [-0.1, -0.05) is 0 Å². The maximum absolute atomic E-state index is 5.25. The lowest BCUT2D eigenvalue weighted by Gasteiger charge is -2.06. The summed E-state index contributed by atoms with van der Waals surface area (Å²) in [4.78, 5) is 4.02. The average molecular weight is 212 g/mol. The summed E-state index contributed by atoms with van der Waals surface area (Å²) >= 11 is 1.86. The summed E-state index contributed by atoms with van der Waals surface area (Å²) in [5.41, 5.74) is 3.56. The number of hydrogen-bond acceptors (Lipinski definition) is 5. The van der Waals surface area contributed by atoms with Crippen LogP contribution in [0.2, 0.25) is 0 Å². The molecule has 1 rings (SSSR count). The molecule has 5 heteroatoms. The van der Waals surface area contributed by atoms with Crippen LogP contribution < -0.4 is 16.6 Å². The minimum Gasteiger partial charge on any atom is -0.385 e. The monoisotopic (exact) mass is 212 g/mol. The van der Waals surface area contributed by atoms with Gasteiger partial charge in [0, 0.05) is 24.5 Å². The molecule has 4 nitrogen and oxygen atoms in total. The van der Waals surface area contributed by atoms with Crippen LogP contribution in [-0.4, -0.2) is 23.5 Å². The number of anilines is 2. The Labute approximate surface area is 88.6 Å². The molecular weight excluding hydrogens is 196 g/mol. The quantitative estimate of drug-likeness (QED) is 0.379. The zero-order valence-corrected chi connectivity index (χ0v) is 9.10. The van der Waals surface area contributed by atoms with Crippen LogP contribution in [0.3, 0.4) is 0 Å². The molecule has 0 unspecified atom stereocenters. The summed E-state index contributed by atoms with van der Waals surface area (Å²) < 4.78 is 0. The van der Waals surface area contributed by atoms with Crippen LogP contribution in [-0.2, 0) is 0 Å². The van der Waals surface area contributed by atoms with Crippen molar-refractivity contribution < 1.29 is 0 Å². The molecule has 4 N–H and O–H groups in total. The number of nitrogens with one attached hydrogen (secondary N) is 2. The number of aromatic nitrogens is 1. The molecule has 1 heterocycles. The predicted octanol–water partition coefficient (Wildman–Crippen LogP) is 1.53. The fourth-order valence-electron chi connectivity index (χ4n) is 1.07. The second-order valence-corrected chi connectivity index (χ2v) is 3.83. The van der Waals surface area contributed by atoms with Crippen molar-refractivity contribution in [3.8, 4) is 0 Å². The lowest BCUT2D eigenvalue weighted by molar-refractivity contribution is 0.992. The lowest BCUT2D eigenvalue weighted by Crippen LogP contribution is -2.09. The number of hydrogen-bond donors (Lipinski definition) is 3. The highest BCUT2D eigenvalue weighted by atomic mass is 32.2. The Balaban J connectivity index is 2.34. The van der Waals surface area contributed by atoms with E-state index in [0.717, 1.165) is 18.7 Å². The summed E-state index contributed by atoms with van der Waals surface area (Å²) in [7, 11) is 0. The average Bonchev–Trinajstić information content (AvgIpc) is 2.25. The predicted molar refractivity (Wildman–Crippen MR) is 63.5 cm³/mol. The Kier molecular flexibility index (Phi) is 5.17. The molecule has 0 amide bonds. The summed E-state index contributed by atoms with van der Waals surface area (Å²) in [6.07, 6.45) is 5.00. The molecule has 0 saturated heterocycles. The molecular formula is C9H16N4S. The van der Waals surface area contributed by atoms with Gasteiger partial charge in [-0.15, -0.1) is 0 Å². The van der Waals surface area contributed by atoms with Crippen LogP contribution in [0.4, 0.5) is 11.5 Å². The van der Waals surface area contributed by atoms with E-state index in [1.807, 2.05) is 23.9 Å². The van der Waals surface area contributed by atoms with Crippen molar-refractivity contribution in [3.05, 3.63) is 18.3 Å². The maximum atomic E-state index is 5.25. The zero-order valence-electron chi connectivity index (χ0n) is 8.29. The van der Waals surface area contributed by atoms with Crippen molar-refractivity contribution in [3.63, 3.8) is 0 Å². The molecule has 1 aromatic rings. The van der Waals surface area contributed by atoms with Crippen molar-refractivity contribution >= 4 is 23.3 Å². The molecule has 0 fully saturated rings. The Morgan fingerprint density at radius 1 is 1.57 bits per heavy atom.